The van der Waals surface area contributed by atoms with E-state index in [1.54, 1.807) is 0 Å². The molecule has 2 saturated heterocycles. The van der Waals surface area contributed by atoms with Gasteiger partial charge in [0, 0.05) is 75.6 Å². The Balaban J connectivity index is 1.37. The van der Waals surface area contributed by atoms with Crippen LogP contribution in [-0.2, 0) is 17.9 Å². The van der Waals surface area contributed by atoms with Gasteiger partial charge in [-0.15, -0.1) is 0 Å². The minimum atomic E-state index is 0.0934. The smallest absolute Gasteiger partial charge is 0.255 e. The highest BCUT2D eigenvalue weighted by atomic mass is 16.1. The molecule has 0 aromatic carbocycles. The van der Waals surface area contributed by atoms with Gasteiger partial charge in [0.25, 0.3) is 5.56 Å². The Morgan fingerprint density at radius 1 is 1.13 bits per heavy atom. The summed E-state index contributed by atoms with van der Waals surface area (Å²) in [5, 5.41) is 2.90. The van der Waals surface area contributed by atoms with Crippen molar-refractivity contribution in [2.24, 2.45) is 5.92 Å². The Kier molecular flexibility index (Phi) is 5.02. The third-order valence-corrected chi connectivity index (χ3v) is 6.57. The van der Waals surface area contributed by atoms with Gasteiger partial charge < -0.3 is 14.8 Å². The van der Waals surface area contributed by atoms with Gasteiger partial charge in [-0.25, -0.2) is 9.97 Å². The Labute approximate surface area is 175 Å². The van der Waals surface area contributed by atoms with E-state index in [9.17, 15) is 9.59 Å². The van der Waals surface area contributed by atoms with Gasteiger partial charge in [0.1, 0.15) is 11.6 Å². The van der Waals surface area contributed by atoms with Crippen molar-refractivity contribution in [1.82, 2.24) is 24.8 Å². The lowest BCUT2D eigenvalue weighted by Crippen LogP contribution is -2.48. The zero-order valence-electron chi connectivity index (χ0n) is 17.4. The van der Waals surface area contributed by atoms with Crippen molar-refractivity contribution in [3.05, 3.63) is 51.8 Å². The molecule has 0 radical (unpaired) electrons. The predicted molar refractivity (Wildman–Crippen MR) is 113 cm³/mol. The number of nitrogens with zero attached hydrogens (tertiary/aromatic N) is 5. The minimum absolute atomic E-state index is 0.0934. The average molecular weight is 409 g/mol. The number of amides is 1. The predicted octanol–water partition coefficient (Wildman–Crippen LogP) is 0.892. The van der Waals surface area contributed by atoms with Crippen LogP contribution in [0.2, 0.25) is 0 Å². The van der Waals surface area contributed by atoms with E-state index in [0.29, 0.717) is 37.9 Å². The van der Waals surface area contributed by atoms with Crippen LogP contribution in [-0.4, -0.2) is 58.1 Å². The largest absolute Gasteiger partial charge is 0.355 e. The standard InChI is InChI=1S/C22H28N6O2/c1-15-23-6-4-20(25-15)27-11-16-10-18(14-27)19-3-2-17(22(30)28(19)12-16)13-26-8-5-21(29)24-7-9-26/h2-4,6,16,18H,5,7-14H2,1H3,(H,24,29)/t16-,18+/m0/s1. The van der Waals surface area contributed by atoms with Crippen LogP contribution in [0.5, 0.6) is 0 Å². The van der Waals surface area contributed by atoms with Crippen LogP contribution in [0.15, 0.2) is 29.2 Å². The minimum Gasteiger partial charge on any atom is -0.355 e. The normalized spacial score (nSPS) is 24.2. The molecule has 5 rings (SSSR count). The Hall–Kier alpha value is -2.74. The lowest BCUT2D eigenvalue weighted by atomic mass is 9.83. The van der Waals surface area contributed by atoms with E-state index in [0.717, 1.165) is 55.5 Å². The molecule has 158 valence electrons. The molecule has 0 saturated carbocycles. The first-order valence-corrected chi connectivity index (χ1v) is 10.8. The molecule has 2 atom stereocenters. The van der Waals surface area contributed by atoms with Crippen LogP contribution in [0.3, 0.4) is 0 Å². The second-order valence-corrected chi connectivity index (χ2v) is 8.74. The monoisotopic (exact) mass is 408 g/mol. The van der Waals surface area contributed by atoms with Crippen molar-refractivity contribution in [2.45, 2.75) is 38.8 Å². The number of carbonyl (C=O) groups excluding carboxylic acids is 1. The first kappa shape index (κ1) is 19.2. The summed E-state index contributed by atoms with van der Waals surface area (Å²) < 4.78 is 2.01. The Morgan fingerprint density at radius 2 is 2.03 bits per heavy atom. The lowest BCUT2D eigenvalue weighted by molar-refractivity contribution is -0.120. The summed E-state index contributed by atoms with van der Waals surface area (Å²) in [7, 11) is 0. The fourth-order valence-corrected chi connectivity index (χ4v) is 5.13. The number of aryl methyl sites for hydroxylation is 1. The zero-order chi connectivity index (χ0) is 20.7. The Morgan fingerprint density at radius 3 is 2.90 bits per heavy atom. The molecule has 0 spiro atoms. The third-order valence-electron chi connectivity index (χ3n) is 6.57. The number of aromatic nitrogens is 3. The number of piperidine rings is 1. The fourth-order valence-electron chi connectivity index (χ4n) is 5.13. The number of anilines is 1. The van der Waals surface area contributed by atoms with Gasteiger partial charge in [0.05, 0.1) is 0 Å². The van der Waals surface area contributed by atoms with Crippen LogP contribution >= 0.6 is 0 Å². The highest BCUT2D eigenvalue weighted by Gasteiger charge is 2.35. The van der Waals surface area contributed by atoms with Gasteiger partial charge in [-0.1, -0.05) is 6.07 Å². The first-order chi connectivity index (χ1) is 14.6. The van der Waals surface area contributed by atoms with Gasteiger partial charge in [-0.2, -0.15) is 0 Å². The van der Waals surface area contributed by atoms with E-state index in [1.807, 2.05) is 29.8 Å². The van der Waals surface area contributed by atoms with Crippen molar-refractivity contribution < 1.29 is 4.79 Å². The van der Waals surface area contributed by atoms with E-state index < -0.39 is 0 Å². The van der Waals surface area contributed by atoms with E-state index in [4.69, 9.17) is 0 Å². The highest BCUT2D eigenvalue weighted by molar-refractivity contribution is 5.76. The Bertz CT molecular complexity index is 1020. The van der Waals surface area contributed by atoms with Gasteiger partial charge in [0.2, 0.25) is 5.91 Å². The van der Waals surface area contributed by atoms with Gasteiger partial charge in [-0.3, -0.25) is 14.5 Å². The van der Waals surface area contributed by atoms with Crippen LogP contribution in [0, 0.1) is 12.8 Å². The summed E-state index contributed by atoms with van der Waals surface area (Å²) in [4.78, 5) is 38.2. The first-order valence-electron chi connectivity index (χ1n) is 10.8. The van der Waals surface area contributed by atoms with Crippen LogP contribution in [0.1, 0.15) is 35.8 Å². The lowest BCUT2D eigenvalue weighted by Gasteiger charge is -2.43. The van der Waals surface area contributed by atoms with Crippen LogP contribution < -0.4 is 15.8 Å². The second-order valence-electron chi connectivity index (χ2n) is 8.74. The molecule has 0 aliphatic carbocycles. The molecule has 2 bridgehead atoms. The summed E-state index contributed by atoms with van der Waals surface area (Å²) in [5.74, 6) is 2.65. The quantitative estimate of drug-likeness (QED) is 0.812. The molecular weight excluding hydrogens is 380 g/mol. The molecule has 3 aliphatic heterocycles. The number of rotatable bonds is 3. The number of carbonyl (C=O) groups is 1. The molecule has 8 nitrogen and oxygen atoms in total. The van der Waals surface area contributed by atoms with E-state index in [1.165, 1.54) is 0 Å². The zero-order valence-corrected chi connectivity index (χ0v) is 17.4. The molecule has 3 aliphatic rings. The number of hydrogen-bond acceptors (Lipinski definition) is 6. The van der Waals surface area contributed by atoms with Gasteiger partial charge >= 0.3 is 0 Å². The number of fused-ring (bicyclic) bond motifs is 4. The molecule has 2 aromatic heterocycles. The molecule has 1 amide bonds. The van der Waals surface area contributed by atoms with Crippen molar-refractivity contribution in [3.8, 4) is 0 Å². The maximum absolute atomic E-state index is 13.3. The number of nitrogens with one attached hydrogen (secondary N) is 1. The summed E-state index contributed by atoms with van der Waals surface area (Å²) in [6.07, 6.45) is 3.44. The van der Waals surface area contributed by atoms with E-state index in [2.05, 4.69) is 31.2 Å². The van der Waals surface area contributed by atoms with Crippen molar-refractivity contribution in [2.75, 3.05) is 37.6 Å². The molecule has 0 unspecified atom stereocenters. The van der Waals surface area contributed by atoms with Gasteiger partial charge in [-0.05, 0) is 31.4 Å². The van der Waals surface area contributed by atoms with Crippen molar-refractivity contribution in [1.29, 1.82) is 0 Å². The molecule has 2 fully saturated rings. The van der Waals surface area contributed by atoms with Crippen LogP contribution in [0.25, 0.3) is 0 Å². The summed E-state index contributed by atoms with van der Waals surface area (Å²) >= 11 is 0. The van der Waals surface area contributed by atoms with E-state index in [-0.39, 0.29) is 11.5 Å². The summed E-state index contributed by atoms with van der Waals surface area (Å²) in [5.41, 5.74) is 2.11. The third kappa shape index (κ3) is 3.71. The summed E-state index contributed by atoms with van der Waals surface area (Å²) in [6.45, 7) is 7.22. The average Bonchev–Trinajstić information content (AvgIpc) is 2.94. The molecular formula is C22H28N6O2. The molecule has 5 heterocycles. The topological polar surface area (TPSA) is 83.4 Å². The summed E-state index contributed by atoms with van der Waals surface area (Å²) in [6, 6.07) is 6.13. The maximum atomic E-state index is 13.3. The molecule has 8 heteroatoms. The highest BCUT2D eigenvalue weighted by Crippen LogP contribution is 2.36. The number of hydrogen-bond donors (Lipinski definition) is 1. The van der Waals surface area contributed by atoms with E-state index >= 15 is 0 Å². The molecule has 30 heavy (non-hydrogen) atoms. The van der Waals surface area contributed by atoms with Crippen molar-refractivity contribution in [3.63, 3.8) is 0 Å². The molecule has 1 N–H and O–H groups in total. The maximum Gasteiger partial charge on any atom is 0.255 e. The number of pyridine rings is 1. The second kappa shape index (κ2) is 7.83. The fraction of sp³-hybridized carbons (Fsp3) is 0.545. The van der Waals surface area contributed by atoms with Gasteiger partial charge in [0.15, 0.2) is 0 Å². The molecule has 2 aromatic rings. The SMILES string of the molecule is Cc1nccc(N2C[C@@H]3C[C@H](C2)c2ccc(CN4CCNC(=O)CC4)c(=O)n2C3)n1. The van der Waals surface area contributed by atoms with Crippen molar-refractivity contribution >= 4 is 11.7 Å². The van der Waals surface area contributed by atoms with Crippen LogP contribution in [0.4, 0.5) is 5.82 Å².